The molecule has 3 N–H and O–H groups in total. The number of rotatable bonds is 9. The lowest BCUT2D eigenvalue weighted by Gasteiger charge is -2.21. The van der Waals surface area contributed by atoms with E-state index in [1.54, 1.807) is 30.3 Å². The van der Waals surface area contributed by atoms with Gasteiger partial charge in [0.25, 0.3) is 11.6 Å². The topological polar surface area (TPSA) is 134 Å². The van der Waals surface area contributed by atoms with Gasteiger partial charge in [-0.2, -0.15) is 0 Å². The van der Waals surface area contributed by atoms with E-state index in [-0.39, 0.29) is 12.1 Å². The van der Waals surface area contributed by atoms with Gasteiger partial charge in [-0.1, -0.05) is 30.3 Å². The van der Waals surface area contributed by atoms with Crippen LogP contribution in [0.5, 0.6) is 5.75 Å². The summed E-state index contributed by atoms with van der Waals surface area (Å²) in [6.07, 6.45) is -1.01. The quantitative estimate of drug-likeness (QED) is 0.495. The molecule has 148 valence electrons. The summed E-state index contributed by atoms with van der Waals surface area (Å²) >= 11 is 0. The van der Waals surface area contributed by atoms with Crippen molar-refractivity contribution >= 4 is 17.5 Å². The molecule has 2 amide bonds. The number of primary amides is 1. The third-order valence-corrected chi connectivity index (χ3v) is 4.13. The molecule has 0 aromatic heterocycles. The van der Waals surface area contributed by atoms with Crippen molar-refractivity contribution in [3.8, 4) is 5.75 Å². The molecule has 0 aliphatic rings. The van der Waals surface area contributed by atoms with Crippen LogP contribution in [-0.4, -0.2) is 37.0 Å². The monoisotopic (exact) mass is 387 g/mol. The van der Waals surface area contributed by atoms with Gasteiger partial charge in [-0.15, -0.1) is 0 Å². The van der Waals surface area contributed by atoms with Gasteiger partial charge in [-0.25, -0.2) is 0 Å². The Bertz CT molecular complexity index is 856. The number of ether oxygens (including phenoxy) is 2. The lowest BCUT2D eigenvalue weighted by Crippen LogP contribution is -2.47. The number of nitro groups is 1. The highest BCUT2D eigenvalue weighted by Gasteiger charge is 2.27. The van der Waals surface area contributed by atoms with Crippen LogP contribution in [0, 0.1) is 10.1 Å². The van der Waals surface area contributed by atoms with E-state index in [0.29, 0.717) is 16.9 Å². The number of amides is 2. The molecule has 0 bridgehead atoms. The fraction of sp³-hybridized carbons (Fsp3) is 0.263. The van der Waals surface area contributed by atoms with Crippen LogP contribution in [0.25, 0.3) is 0 Å². The van der Waals surface area contributed by atoms with Crippen LogP contribution in [0.2, 0.25) is 0 Å². The van der Waals surface area contributed by atoms with Crippen molar-refractivity contribution in [3.63, 3.8) is 0 Å². The molecule has 0 saturated heterocycles. The highest BCUT2D eigenvalue weighted by Crippen LogP contribution is 2.25. The van der Waals surface area contributed by atoms with E-state index in [9.17, 15) is 19.7 Å². The van der Waals surface area contributed by atoms with E-state index in [1.807, 2.05) is 0 Å². The molecule has 0 spiro atoms. The lowest BCUT2D eigenvalue weighted by molar-refractivity contribution is -0.384. The second-order valence-corrected chi connectivity index (χ2v) is 5.95. The summed E-state index contributed by atoms with van der Waals surface area (Å²) in [5, 5.41) is 13.6. The highest BCUT2D eigenvalue weighted by atomic mass is 16.6. The van der Waals surface area contributed by atoms with Crippen molar-refractivity contribution in [2.24, 2.45) is 5.73 Å². The normalized spacial score (nSPS) is 12.6. The minimum atomic E-state index is -1.11. The number of carbonyl (C=O) groups is 2. The van der Waals surface area contributed by atoms with Gasteiger partial charge in [0, 0.05) is 31.2 Å². The fourth-order valence-corrected chi connectivity index (χ4v) is 2.75. The standard InChI is InChI=1S/C19H21N3O6/c1-27-16-9-8-14(22(25)26)10-13(16)11-15(18(20)23)21-19(24)17(28-2)12-6-4-3-5-7-12/h3-10,15,17H,11H2,1-2H3,(H2,20,23)(H,21,24)/t15-,17+/m1/s1. The van der Waals surface area contributed by atoms with Gasteiger partial charge < -0.3 is 20.5 Å². The smallest absolute Gasteiger partial charge is 0.269 e. The fourth-order valence-electron chi connectivity index (χ4n) is 2.75. The molecule has 9 heteroatoms. The van der Waals surface area contributed by atoms with Gasteiger partial charge >= 0.3 is 0 Å². The number of nitrogens with two attached hydrogens (primary N) is 1. The molecule has 2 aromatic carbocycles. The average Bonchev–Trinajstić information content (AvgIpc) is 2.68. The van der Waals surface area contributed by atoms with Crippen molar-refractivity contribution in [2.75, 3.05) is 14.2 Å². The van der Waals surface area contributed by atoms with E-state index >= 15 is 0 Å². The van der Waals surface area contributed by atoms with Crippen molar-refractivity contribution in [3.05, 3.63) is 69.8 Å². The summed E-state index contributed by atoms with van der Waals surface area (Å²) in [6.45, 7) is 0. The molecule has 9 nitrogen and oxygen atoms in total. The number of nitro benzene ring substituents is 1. The zero-order valence-electron chi connectivity index (χ0n) is 15.5. The summed E-state index contributed by atoms with van der Waals surface area (Å²) in [6, 6.07) is 11.6. The second kappa shape index (κ2) is 9.47. The van der Waals surface area contributed by atoms with Crippen molar-refractivity contribution in [1.29, 1.82) is 0 Å². The molecule has 0 unspecified atom stereocenters. The van der Waals surface area contributed by atoms with Crippen LogP contribution in [0.3, 0.4) is 0 Å². The van der Waals surface area contributed by atoms with E-state index in [0.717, 1.165) is 0 Å². The minimum Gasteiger partial charge on any atom is -0.496 e. The number of hydrogen-bond acceptors (Lipinski definition) is 6. The predicted octanol–water partition coefficient (Wildman–Crippen LogP) is 1.50. The molecule has 0 fully saturated rings. The Hall–Kier alpha value is -3.46. The Kier molecular flexibility index (Phi) is 7.05. The van der Waals surface area contributed by atoms with E-state index in [2.05, 4.69) is 5.32 Å². The third-order valence-electron chi connectivity index (χ3n) is 4.13. The van der Waals surface area contributed by atoms with Crippen LogP contribution in [0.15, 0.2) is 48.5 Å². The molecule has 0 radical (unpaired) electrons. The predicted molar refractivity (Wildman–Crippen MR) is 101 cm³/mol. The zero-order valence-corrected chi connectivity index (χ0v) is 15.5. The van der Waals surface area contributed by atoms with E-state index in [1.165, 1.54) is 32.4 Å². The summed E-state index contributed by atoms with van der Waals surface area (Å²) in [5.41, 5.74) is 6.25. The molecular formula is C19H21N3O6. The Morgan fingerprint density at radius 3 is 2.39 bits per heavy atom. The molecular weight excluding hydrogens is 366 g/mol. The molecule has 2 rings (SSSR count). The van der Waals surface area contributed by atoms with Crippen molar-refractivity contribution in [2.45, 2.75) is 18.6 Å². The van der Waals surface area contributed by atoms with Gasteiger partial charge in [0.15, 0.2) is 6.10 Å². The maximum absolute atomic E-state index is 12.6. The van der Waals surface area contributed by atoms with Gasteiger partial charge in [0.1, 0.15) is 11.8 Å². The first-order valence-electron chi connectivity index (χ1n) is 8.36. The summed E-state index contributed by atoms with van der Waals surface area (Å²) < 4.78 is 10.4. The number of non-ortho nitro benzene ring substituents is 1. The number of methoxy groups -OCH3 is 2. The summed E-state index contributed by atoms with van der Waals surface area (Å²) in [7, 11) is 2.78. The lowest BCUT2D eigenvalue weighted by atomic mass is 10.0. The Morgan fingerprint density at radius 1 is 1.18 bits per heavy atom. The first-order valence-corrected chi connectivity index (χ1v) is 8.36. The molecule has 0 aliphatic heterocycles. The average molecular weight is 387 g/mol. The van der Waals surface area contributed by atoms with Crippen molar-refractivity contribution < 1.29 is 24.0 Å². The zero-order chi connectivity index (χ0) is 20.7. The molecule has 2 aromatic rings. The van der Waals surface area contributed by atoms with E-state index in [4.69, 9.17) is 15.2 Å². The van der Waals surface area contributed by atoms with Gasteiger partial charge in [0.05, 0.1) is 12.0 Å². The van der Waals surface area contributed by atoms with Crippen LogP contribution in [-0.2, 0) is 20.7 Å². The number of carbonyl (C=O) groups excluding carboxylic acids is 2. The molecule has 0 saturated carbocycles. The number of nitrogens with one attached hydrogen (secondary N) is 1. The largest absolute Gasteiger partial charge is 0.496 e. The third kappa shape index (κ3) is 5.04. The number of nitrogens with zero attached hydrogens (tertiary/aromatic N) is 1. The van der Waals surface area contributed by atoms with Gasteiger partial charge in [-0.3, -0.25) is 19.7 Å². The SMILES string of the molecule is COc1ccc([N+](=O)[O-])cc1C[C@@H](NC(=O)[C@@H](OC)c1ccccc1)C(N)=O. The van der Waals surface area contributed by atoms with Crippen LogP contribution in [0.4, 0.5) is 5.69 Å². The summed E-state index contributed by atoms with van der Waals surface area (Å²) in [5.74, 6) is -0.996. The number of hydrogen-bond donors (Lipinski definition) is 2. The van der Waals surface area contributed by atoms with E-state index < -0.39 is 28.9 Å². The molecule has 0 heterocycles. The van der Waals surface area contributed by atoms with Crippen molar-refractivity contribution in [1.82, 2.24) is 5.32 Å². The number of benzene rings is 2. The highest BCUT2D eigenvalue weighted by molar-refractivity contribution is 5.89. The Morgan fingerprint density at radius 2 is 1.86 bits per heavy atom. The summed E-state index contributed by atoms with van der Waals surface area (Å²) in [4.78, 5) is 35.0. The Balaban J connectivity index is 2.24. The molecule has 2 atom stereocenters. The van der Waals surface area contributed by atoms with Crippen LogP contribution in [0.1, 0.15) is 17.2 Å². The Labute approximate surface area is 161 Å². The maximum atomic E-state index is 12.6. The van der Waals surface area contributed by atoms with Gasteiger partial charge in [-0.05, 0) is 11.6 Å². The second-order valence-electron chi connectivity index (χ2n) is 5.95. The molecule has 0 aliphatic carbocycles. The van der Waals surface area contributed by atoms with Crippen LogP contribution >= 0.6 is 0 Å². The minimum absolute atomic E-state index is 0.0723. The molecule has 28 heavy (non-hydrogen) atoms. The van der Waals surface area contributed by atoms with Crippen LogP contribution < -0.4 is 15.8 Å². The van der Waals surface area contributed by atoms with Gasteiger partial charge in [0.2, 0.25) is 5.91 Å². The first-order chi connectivity index (χ1) is 13.4. The first kappa shape index (κ1) is 20.8. The maximum Gasteiger partial charge on any atom is 0.269 e.